The Kier molecular flexibility index (Phi) is 9.50. The quantitative estimate of drug-likeness (QED) is 0.322. The molecule has 4 heteroatoms. The fraction of sp³-hybridized carbons (Fsp3) is 0.259. The van der Waals surface area contributed by atoms with Gasteiger partial charge < -0.3 is 10.2 Å². The van der Waals surface area contributed by atoms with Gasteiger partial charge in [-0.1, -0.05) is 68.7 Å². The van der Waals surface area contributed by atoms with Crippen molar-refractivity contribution < 1.29 is 19.8 Å². The fourth-order valence-corrected chi connectivity index (χ4v) is 3.38. The van der Waals surface area contributed by atoms with Gasteiger partial charge in [-0.25, -0.2) is 0 Å². The van der Waals surface area contributed by atoms with E-state index in [0.29, 0.717) is 5.57 Å². The molecule has 0 bridgehead atoms. The molecule has 2 aromatic rings. The Morgan fingerprint density at radius 3 is 2.35 bits per heavy atom. The Labute approximate surface area is 184 Å². The van der Waals surface area contributed by atoms with E-state index >= 15 is 0 Å². The van der Waals surface area contributed by atoms with Crippen LogP contribution in [0.3, 0.4) is 0 Å². The SMILES string of the molecule is C=CC(C1=CC(=O)C=CC1=O)c1ccccc1.CCCCCCc1ccc(O)cc1O. The molecule has 2 aromatic carbocycles. The Morgan fingerprint density at radius 1 is 0.968 bits per heavy atom. The highest BCUT2D eigenvalue weighted by Crippen LogP contribution is 2.28. The first-order valence-electron chi connectivity index (χ1n) is 10.6. The summed E-state index contributed by atoms with van der Waals surface area (Å²) in [5, 5.41) is 18.6. The van der Waals surface area contributed by atoms with Gasteiger partial charge in [-0.05, 0) is 48.3 Å². The van der Waals surface area contributed by atoms with Crippen molar-refractivity contribution in [1.82, 2.24) is 0 Å². The summed E-state index contributed by atoms with van der Waals surface area (Å²) >= 11 is 0. The standard InChI is InChI=1S/C15H12O2.C12H18O2/c1-2-13(11-6-4-3-5-7-11)14-10-12(16)8-9-15(14)17;1-2-3-4-5-6-10-7-8-11(13)9-12(10)14/h2-10,13H,1H2;7-9,13-14H,2-6H2,1H3. The molecule has 31 heavy (non-hydrogen) atoms. The highest BCUT2D eigenvalue weighted by Gasteiger charge is 2.21. The van der Waals surface area contributed by atoms with Gasteiger partial charge in [0.25, 0.3) is 0 Å². The van der Waals surface area contributed by atoms with Crippen LogP contribution in [0.2, 0.25) is 0 Å². The van der Waals surface area contributed by atoms with Crippen LogP contribution in [0.15, 0.2) is 85.0 Å². The Hall–Kier alpha value is -3.40. The van der Waals surface area contributed by atoms with Crippen molar-refractivity contribution in [3.63, 3.8) is 0 Å². The van der Waals surface area contributed by atoms with Crippen molar-refractivity contribution in [2.24, 2.45) is 0 Å². The van der Waals surface area contributed by atoms with Crippen LogP contribution < -0.4 is 0 Å². The minimum atomic E-state index is -0.224. The second-order valence-corrected chi connectivity index (χ2v) is 7.45. The van der Waals surface area contributed by atoms with E-state index in [4.69, 9.17) is 5.11 Å². The molecular formula is C27H30O4. The zero-order chi connectivity index (χ0) is 22.6. The molecule has 4 nitrogen and oxygen atoms in total. The molecule has 0 aromatic heterocycles. The molecule has 2 N–H and O–H groups in total. The molecule has 1 aliphatic rings. The van der Waals surface area contributed by atoms with E-state index in [9.17, 15) is 14.7 Å². The predicted molar refractivity (Wildman–Crippen MR) is 124 cm³/mol. The Balaban J connectivity index is 0.000000225. The molecule has 0 fully saturated rings. The molecule has 1 unspecified atom stereocenters. The van der Waals surface area contributed by atoms with Crippen LogP contribution in [0.1, 0.15) is 49.7 Å². The fourth-order valence-electron chi connectivity index (χ4n) is 3.38. The summed E-state index contributed by atoms with van der Waals surface area (Å²) in [6, 6.07) is 14.4. The van der Waals surface area contributed by atoms with Crippen molar-refractivity contribution in [1.29, 1.82) is 0 Å². The molecule has 0 saturated heterocycles. The third kappa shape index (κ3) is 7.41. The number of ketones is 2. The molecule has 0 aliphatic heterocycles. The van der Waals surface area contributed by atoms with E-state index in [2.05, 4.69) is 13.5 Å². The Bertz CT molecular complexity index is 954. The third-order valence-corrected chi connectivity index (χ3v) is 5.08. The van der Waals surface area contributed by atoms with E-state index in [0.717, 1.165) is 24.0 Å². The molecule has 3 rings (SSSR count). The number of carbonyl (C=O) groups excluding carboxylic acids is 2. The van der Waals surface area contributed by atoms with Gasteiger partial charge in [0.05, 0.1) is 0 Å². The van der Waals surface area contributed by atoms with E-state index in [1.165, 1.54) is 43.6 Å². The van der Waals surface area contributed by atoms with Crippen LogP contribution in [-0.2, 0) is 16.0 Å². The minimum absolute atomic E-state index is 0.125. The lowest BCUT2D eigenvalue weighted by molar-refractivity contribution is -0.114. The van der Waals surface area contributed by atoms with Gasteiger partial charge in [0.2, 0.25) is 0 Å². The molecule has 0 heterocycles. The van der Waals surface area contributed by atoms with E-state index in [-0.39, 0.29) is 29.0 Å². The number of hydrogen-bond donors (Lipinski definition) is 2. The lowest BCUT2D eigenvalue weighted by Crippen LogP contribution is -2.13. The van der Waals surface area contributed by atoms with Gasteiger partial charge in [0.15, 0.2) is 11.6 Å². The number of rotatable bonds is 8. The Morgan fingerprint density at radius 2 is 1.71 bits per heavy atom. The second-order valence-electron chi connectivity index (χ2n) is 7.45. The van der Waals surface area contributed by atoms with Crippen molar-refractivity contribution in [2.75, 3.05) is 0 Å². The van der Waals surface area contributed by atoms with Crippen LogP contribution >= 0.6 is 0 Å². The average Bonchev–Trinajstić information content (AvgIpc) is 2.77. The van der Waals surface area contributed by atoms with E-state index in [1.807, 2.05) is 30.3 Å². The van der Waals surface area contributed by atoms with Crippen molar-refractivity contribution in [3.8, 4) is 11.5 Å². The van der Waals surface area contributed by atoms with Crippen molar-refractivity contribution >= 4 is 11.6 Å². The number of phenolic OH excluding ortho intramolecular Hbond substituents is 2. The predicted octanol–water partition coefficient (Wildman–Crippen LogP) is 5.81. The summed E-state index contributed by atoms with van der Waals surface area (Å²) in [7, 11) is 0. The largest absolute Gasteiger partial charge is 0.508 e. The first-order chi connectivity index (χ1) is 15.0. The number of allylic oxidation sites excluding steroid dienone is 5. The van der Waals surface area contributed by atoms with Crippen molar-refractivity contribution in [3.05, 3.63) is 96.1 Å². The van der Waals surface area contributed by atoms with Gasteiger partial charge in [-0.15, -0.1) is 6.58 Å². The molecule has 0 radical (unpaired) electrons. The number of aromatic hydroxyl groups is 2. The van der Waals surface area contributed by atoms with Gasteiger partial charge in [0, 0.05) is 17.6 Å². The number of carbonyl (C=O) groups is 2. The number of unbranched alkanes of at least 4 members (excludes halogenated alkanes) is 3. The summed E-state index contributed by atoms with van der Waals surface area (Å²) in [6.07, 6.45) is 11.4. The summed E-state index contributed by atoms with van der Waals surface area (Å²) in [6.45, 7) is 5.92. The highest BCUT2D eigenvalue weighted by atomic mass is 16.3. The smallest absolute Gasteiger partial charge is 0.183 e. The zero-order valence-corrected chi connectivity index (χ0v) is 18.0. The molecule has 162 valence electrons. The first kappa shape index (κ1) is 23.9. The van der Waals surface area contributed by atoms with E-state index in [1.54, 1.807) is 18.2 Å². The molecule has 0 amide bonds. The van der Waals surface area contributed by atoms with Crippen LogP contribution in [0.25, 0.3) is 0 Å². The van der Waals surface area contributed by atoms with Crippen LogP contribution in [0, 0.1) is 0 Å². The lowest BCUT2D eigenvalue weighted by Gasteiger charge is -2.16. The van der Waals surface area contributed by atoms with E-state index < -0.39 is 0 Å². The van der Waals surface area contributed by atoms with Gasteiger partial charge in [0.1, 0.15) is 11.5 Å². The lowest BCUT2D eigenvalue weighted by atomic mass is 9.86. The summed E-state index contributed by atoms with van der Waals surface area (Å²) in [4.78, 5) is 23.1. The highest BCUT2D eigenvalue weighted by molar-refractivity contribution is 6.18. The third-order valence-electron chi connectivity index (χ3n) is 5.08. The summed E-state index contributed by atoms with van der Waals surface area (Å²) in [5.74, 6) is -0.167. The monoisotopic (exact) mass is 418 g/mol. The maximum absolute atomic E-state index is 11.8. The van der Waals surface area contributed by atoms with Crippen LogP contribution in [0.4, 0.5) is 0 Å². The minimum Gasteiger partial charge on any atom is -0.508 e. The van der Waals surface area contributed by atoms with Gasteiger partial charge >= 0.3 is 0 Å². The number of phenols is 2. The maximum atomic E-state index is 11.8. The van der Waals surface area contributed by atoms with Crippen LogP contribution in [0.5, 0.6) is 11.5 Å². The second kappa shape index (κ2) is 12.3. The van der Waals surface area contributed by atoms with Gasteiger partial charge in [-0.3, -0.25) is 9.59 Å². The maximum Gasteiger partial charge on any atom is 0.183 e. The average molecular weight is 419 g/mol. The molecular weight excluding hydrogens is 388 g/mol. The topological polar surface area (TPSA) is 74.6 Å². The summed E-state index contributed by atoms with van der Waals surface area (Å²) < 4.78 is 0. The van der Waals surface area contributed by atoms with Crippen LogP contribution in [-0.4, -0.2) is 21.8 Å². The molecule has 1 aliphatic carbocycles. The number of hydrogen-bond acceptors (Lipinski definition) is 4. The molecule has 0 saturated carbocycles. The molecule has 0 spiro atoms. The number of aryl methyl sites for hydroxylation is 1. The first-order valence-corrected chi connectivity index (χ1v) is 10.6. The van der Waals surface area contributed by atoms with Gasteiger partial charge in [-0.2, -0.15) is 0 Å². The van der Waals surface area contributed by atoms with Crippen molar-refractivity contribution in [2.45, 2.75) is 44.9 Å². The summed E-state index contributed by atoms with van der Waals surface area (Å²) in [5.41, 5.74) is 2.38. The normalized spacial score (nSPS) is 13.8. The zero-order valence-electron chi connectivity index (χ0n) is 18.0. The number of benzene rings is 2. The molecule has 1 atom stereocenters.